The van der Waals surface area contributed by atoms with Crippen LogP contribution in [0.15, 0.2) is 229 Å². The van der Waals surface area contributed by atoms with Crippen LogP contribution < -0.4 is 4.90 Å². The molecule has 0 amide bonds. The Balaban J connectivity index is 0.966. The van der Waals surface area contributed by atoms with Gasteiger partial charge in [0.05, 0.1) is 5.69 Å². The molecule has 2 aromatic heterocycles. The lowest BCUT2D eigenvalue weighted by Gasteiger charge is -2.28. The zero-order valence-electron chi connectivity index (χ0n) is 33.1. The predicted octanol–water partition coefficient (Wildman–Crippen LogP) is 17.2. The molecule has 12 aromatic rings. The van der Waals surface area contributed by atoms with Gasteiger partial charge in [0.2, 0.25) is 0 Å². The van der Waals surface area contributed by atoms with Crippen molar-refractivity contribution in [3.63, 3.8) is 0 Å². The minimum Gasteiger partial charge on any atom is -0.455 e. The summed E-state index contributed by atoms with van der Waals surface area (Å²) in [5.41, 5.74) is 14.4. The van der Waals surface area contributed by atoms with Gasteiger partial charge in [-0.05, 0) is 111 Å². The van der Waals surface area contributed by atoms with E-state index in [4.69, 9.17) is 4.42 Å². The molecule has 0 aliphatic heterocycles. The Kier molecular flexibility index (Phi) is 8.39. The maximum Gasteiger partial charge on any atom is 0.143 e. The number of rotatable bonds is 7. The Morgan fingerprint density at radius 3 is 1.77 bits per heavy atom. The average molecular weight is 796 g/mol. The van der Waals surface area contributed by atoms with Crippen LogP contribution in [-0.4, -0.2) is 0 Å². The summed E-state index contributed by atoms with van der Waals surface area (Å²) in [4.78, 5) is 2.39. The van der Waals surface area contributed by atoms with Crippen molar-refractivity contribution in [2.75, 3.05) is 4.90 Å². The van der Waals surface area contributed by atoms with Gasteiger partial charge < -0.3 is 9.32 Å². The summed E-state index contributed by atoms with van der Waals surface area (Å²) < 4.78 is 9.07. The Morgan fingerprint density at radius 2 is 0.918 bits per heavy atom. The summed E-state index contributed by atoms with van der Waals surface area (Å²) in [6, 6.07) is 81.3. The number of furan rings is 1. The van der Waals surface area contributed by atoms with E-state index in [1.165, 1.54) is 64.3 Å². The van der Waals surface area contributed by atoms with Crippen molar-refractivity contribution in [1.82, 2.24) is 0 Å². The first-order valence-corrected chi connectivity index (χ1v) is 21.5. The van der Waals surface area contributed by atoms with Gasteiger partial charge in [-0.15, -0.1) is 11.3 Å². The second-order valence-corrected chi connectivity index (χ2v) is 16.8. The van der Waals surface area contributed by atoms with Crippen molar-refractivity contribution >= 4 is 81.3 Å². The Hall–Kier alpha value is -7.72. The number of nitrogens with zero attached hydrogens (tertiary/aromatic N) is 1. The fraction of sp³-hybridized carbons (Fsp3) is 0. The maximum absolute atomic E-state index is 6.46. The van der Waals surface area contributed by atoms with Crippen LogP contribution >= 0.6 is 11.3 Å². The molecule has 0 radical (unpaired) electrons. The Morgan fingerprint density at radius 1 is 0.328 bits per heavy atom. The van der Waals surface area contributed by atoms with Gasteiger partial charge in [0.15, 0.2) is 0 Å². The molecular weight excluding hydrogens is 759 g/mol. The largest absolute Gasteiger partial charge is 0.455 e. The average Bonchev–Trinajstić information content (AvgIpc) is 3.91. The van der Waals surface area contributed by atoms with Gasteiger partial charge >= 0.3 is 0 Å². The summed E-state index contributed by atoms with van der Waals surface area (Å²) in [5, 5.41) is 7.36. The Labute approximate surface area is 357 Å². The summed E-state index contributed by atoms with van der Waals surface area (Å²) in [6.45, 7) is 0. The molecule has 0 saturated heterocycles. The molecule has 0 N–H and O–H groups in total. The van der Waals surface area contributed by atoms with Crippen LogP contribution in [0.3, 0.4) is 0 Å². The number of para-hydroxylation sites is 3. The molecule has 0 bridgehead atoms. The number of fused-ring (bicyclic) bond motifs is 7. The zero-order valence-corrected chi connectivity index (χ0v) is 33.9. The molecular formula is C58H37NOS. The van der Waals surface area contributed by atoms with Crippen LogP contribution in [0.4, 0.5) is 17.1 Å². The van der Waals surface area contributed by atoms with Crippen molar-refractivity contribution in [2.24, 2.45) is 0 Å². The minimum atomic E-state index is 0.904. The monoisotopic (exact) mass is 795 g/mol. The van der Waals surface area contributed by atoms with Crippen molar-refractivity contribution in [3.05, 3.63) is 224 Å². The van der Waals surface area contributed by atoms with Crippen molar-refractivity contribution in [2.45, 2.75) is 0 Å². The van der Waals surface area contributed by atoms with Gasteiger partial charge in [-0.25, -0.2) is 0 Å². The molecule has 0 aliphatic carbocycles. The van der Waals surface area contributed by atoms with Crippen LogP contribution in [0, 0.1) is 0 Å². The normalized spacial score (nSPS) is 11.6. The summed E-state index contributed by atoms with van der Waals surface area (Å²) >= 11 is 1.85. The van der Waals surface area contributed by atoms with Gasteiger partial charge in [-0.3, -0.25) is 0 Å². The van der Waals surface area contributed by atoms with Crippen LogP contribution in [0.25, 0.3) is 97.4 Å². The molecule has 0 fully saturated rings. The third-order valence-corrected chi connectivity index (χ3v) is 13.2. The lowest BCUT2D eigenvalue weighted by Crippen LogP contribution is -2.11. The first-order valence-electron chi connectivity index (χ1n) is 20.7. The van der Waals surface area contributed by atoms with E-state index in [0.29, 0.717) is 0 Å². The number of hydrogen-bond acceptors (Lipinski definition) is 3. The molecule has 0 aliphatic rings. The van der Waals surface area contributed by atoms with Crippen LogP contribution in [0.1, 0.15) is 0 Å². The topological polar surface area (TPSA) is 16.4 Å². The van der Waals surface area contributed by atoms with Crippen LogP contribution in [0.2, 0.25) is 0 Å². The third kappa shape index (κ3) is 6.18. The third-order valence-electron chi connectivity index (χ3n) is 12.1. The summed E-state index contributed by atoms with van der Waals surface area (Å²) in [5.74, 6) is 0. The van der Waals surface area contributed by atoms with Gasteiger partial charge in [0, 0.05) is 53.4 Å². The smallest absolute Gasteiger partial charge is 0.143 e. The van der Waals surface area contributed by atoms with E-state index in [1.807, 2.05) is 23.5 Å². The highest BCUT2D eigenvalue weighted by Crippen LogP contribution is 2.45. The van der Waals surface area contributed by atoms with E-state index in [9.17, 15) is 0 Å². The van der Waals surface area contributed by atoms with Crippen molar-refractivity contribution in [3.8, 4) is 44.5 Å². The first kappa shape index (κ1) is 35.2. The SMILES string of the molecule is c1cc(-c2ccc(N(c3ccc(-c4cccc5c4oc4ccccc45)cc3)c3ccccc3-c3ccc4sc5ccccc5c4c3)cc2)cc(-c2ccc3ccccc3c2)c1. The molecule has 2 nitrogen and oxygen atoms in total. The maximum atomic E-state index is 6.46. The molecule has 286 valence electrons. The second kappa shape index (κ2) is 14.5. The lowest BCUT2D eigenvalue weighted by atomic mass is 9.97. The summed E-state index contributed by atoms with van der Waals surface area (Å²) in [7, 11) is 0. The van der Waals surface area contributed by atoms with E-state index in [2.05, 4.69) is 217 Å². The molecule has 12 rings (SSSR count). The highest BCUT2D eigenvalue weighted by atomic mass is 32.1. The van der Waals surface area contributed by atoms with E-state index < -0.39 is 0 Å². The lowest BCUT2D eigenvalue weighted by molar-refractivity contribution is 0.670. The number of anilines is 3. The van der Waals surface area contributed by atoms with Gasteiger partial charge in [0.1, 0.15) is 11.2 Å². The molecule has 0 unspecified atom stereocenters. The van der Waals surface area contributed by atoms with Gasteiger partial charge in [0.25, 0.3) is 0 Å². The zero-order chi connectivity index (χ0) is 40.3. The van der Waals surface area contributed by atoms with Crippen LogP contribution in [-0.2, 0) is 0 Å². The van der Waals surface area contributed by atoms with E-state index in [-0.39, 0.29) is 0 Å². The molecule has 0 spiro atoms. The van der Waals surface area contributed by atoms with E-state index >= 15 is 0 Å². The number of thiophene rings is 1. The molecule has 0 saturated carbocycles. The van der Waals surface area contributed by atoms with Gasteiger partial charge in [-0.1, -0.05) is 158 Å². The first-order chi connectivity index (χ1) is 30.2. The standard InChI is InChI=1S/C58H37NOS/c1-2-12-41-36-44(24-23-38(41)11-1)43-14-9-13-42(35-43)39-25-30-46(31-26-39)59(47-32-27-40(28-33-47)49-18-10-19-52-50-16-4-7-21-55(50)60-58(49)52)54-20-6-3-15-48(54)45-29-34-57-53(37-45)51-17-5-8-22-56(51)61-57/h1-37H. The second-order valence-electron chi connectivity index (χ2n) is 15.7. The fourth-order valence-electron chi connectivity index (χ4n) is 9.05. The molecule has 0 atom stereocenters. The quantitative estimate of drug-likeness (QED) is 0.160. The number of hydrogen-bond donors (Lipinski definition) is 0. The highest BCUT2D eigenvalue weighted by Gasteiger charge is 2.19. The van der Waals surface area contributed by atoms with Crippen molar-refractivity contribution < 1.29 is 4.42 Å². The van der Waals surface area contributed by atoms with Gasteiger partial charge in [-0.2, -0.15) is 0 Å². The van der Waals surface area contributed by atoms with Crippen LogP contribution in [0.5, 0.6) is 0 Å². The van der Waals surface area contributed by atoms with Crippen molar-refractivity contribution in [1.29, 1.82) is 0 Å². The highest BCUT2D eigenvalue weighted by molar-refractivity contribution is 7.25. The fourth-order valence-corrected chi connectivity index (χ4v) is 10.1. The minimum absolute atomic E-state index is 0.904. The molecule has 2 heterocycles. The predicted molar refractivity (Wildman–Crippen MR) is 261 cm³/mol. The number of benzene rings is 10. The molecule has 3 heteroatoms. The molecule has 10 aromatic carbocycles. The molecule has 61 heavy (non-hydrogen) atoms. The summed E-state index contributed by atoms with van der Waals surface area (Å²) in [6.07, 6.45) is 0. The Bertz CT molecular complexity index is 3590. The van der Waals surface area contributed by atoms with E-state index in [0.717, 1.165) is 50.1 Å². The van der Waals surface area contributed by atoms with E-state index in [1.54, 1.807) is 0 Å².